The van der Waals surface area contributed by atoms with Crippen molar-refractivity contribution in [2.45, 2.75) is 137 Å². The molecule has 0 bridgehead atoms. The molecule has 0 atom stereocenters. The van der Waals surface area contributed by atoms with Gasteiger partial charge in [-0.25, -0.2) is 0 Å². The number of phenols is 2. The third-order valence-corrected chi connectivity index (χ3v) is 8.15. The number of aryl methyl sites for hydroxylation is 2. The summed E-state index contributed by atoms with van der Waals surface area (Å²) >= 11 is 0. The first-order chi connectivity index (χ1) is 26.9. The summed E-state index contributed by atoms with van der Waals surface area (Å²) in [5, 5.41) is 21.5. The molecule has 2 N–H and O–H groups in total. The van der Waals surface area contributed by atoms with Crippen LogP contribution in [-0.2, 0) is 53.6 Å². The molecule has 0 aliphatic heterocycles. The van der Waals surface area contributed by atoms with Crippen LogP contribution in [0.15, 0.2) is 24.3 Å². The Morgan fingerprint density at radius 3 is 1.12 bits per heavy atom. The van der Waals surface area contributed by atoms with Crippen molar-refractivity contribution >= 4 is 11.9 Å². The van der Waals surface area contributed by atoms with E-state index in [0.29, 0.717) is 37.4 Å². The monoisotopic (exact) mass is 813 g/mol. The molecule has 0 heterocycles. The van der Waals surface area contributed by atoms with Crippen LogP contribution in [0.4, 0.5) is 0 Å². The molecule has 2 rings (SSSR count). The summed E-state index contributed by atoms with van der Waals surface area (Å²) in [6.07, 6.45) is 8.82. The van der Waals surface area contributed by atoms with Gasteiger partial charge in [-0.3, -0.25) is 9.59 Å². The number of ether oxygens (including phenoxy) is 2. The standard InChI is InChI=1S/C33H26O3.C19H30O3.18H2/c1-8-9-10-11-12-13-14-15-16-17-18-19-20-21-24-36-30(34)23-22-27-25-28(32(2,3)4)31(35)29(26-27)33(5,6)7;1-8-22-16(20)10-9-13-11-14(18(2,3)4)17(21)15(12-13)19(5,6)7;;;;;;;;;;;;;;;;;;/h1,25-26,35H,22-23H2,2-7H3;11-12,21H,8-10H2,1-7H3;18*1H. The Balaban J connectivity index is -0.0000000474. The molecule has 0 aliphatic carbocycles. The molecule has 0 radical (unpaired) electrons. The molecule has 6 heteroatoms. The maximum Gasteiger partial charge on any atom is 0.320 e. The van der Waals surface area contributed by atoms with Crippen molar-refractivity contribution in [3.8, 4) is 107 Å². The van der Waals surface area contributed by atoms with Crippen LogP contribution in [0.1, 0.15) is 162 Å². The predicted octanol–water partition coefficient (Wildman–Crippen LogP) is 13.0. The molecule has 336 valence electrons. The molecule has 2 aromatic rings. The number of terminal acetylenes is 1. The van der Waals surface area contributed by atoms with Crippen molar-refractivity contribution in [1.82, 2.24) is 0 Å². The summed E-state index contributed by atoms with van der Waals surface area (Å²) in [6, 6.07) is 7.93. The van der Waals surface area contributed by atoms with Gasteiger partial charge in [-0.05, 0) is 116 Å². The minimum Gasteiger partial charge on any atom is -0.507 e. The van der Waals surface area contributed by atoms with Crippen LogP contribution in [0.25, 0.3) is 0 Å². The van der Waals surface area contributed by atoms with Crippen LogP contribution in [0, 0.1) is 95.4 Å². The lowest BCUT2D eigenvalue weighted by Gasteiger charge is -2.28. The van der Waals surface area contributed by atoms with E-state index in [4.69, 9.17) is 15.9 Å². The smallest absolute Gasteiger partial charge is 0.320 e. The molecule has 0 spiro atoms. The molecule has 58 heavy (non-hydrogen) atoms. The van der Waals surface area contributed by atoms with E-state index < -0.39 is 5.97 Å². The van der Waals surface area contributed by atoms with E-state index in [0.717, 1.165) is 33.4 Å². The van der Waals surface area contributed by atoms with Crippen LogP contribution in [0.2, 0.25) is 0 Å². The minimum atomic E-state index is -0.462. The summed E-state index contributed by atoms with van der Waals surface area (Å²) in [5.41, 5.74) is 4.82. The number of benzene rings is 2. The van der Waals surface area contributed by atoms with Crippen LogP contribution < -0.4 is 0 Å². The zero-order chi connectivity index (χ0) is 44.2. The van der Waals surface area contributed by atoms with Crippen LogP contribution in [-0.4, -0.2) is 28.8 Å². The van der Waals surface area contributed by atoms with Gasteiger partial charge in [0.05, 0.1) is 13.0 Å². The Bertz CT molecular complexity index is 2300. The maximum atomic E-state index is 12.1. The summed E-state index contributed by atoms with van der Waals surface area (Å²) in [7, 11) is 0. The number of rotatable bonds is 7. The second-order valence-electron chi connectivity index (χ2n) is 17.2. The molecule has 0 saturated heterocycles. The van der Waals surface area contributed by atoms with Gasteiger partial charge < -0.3 is 19.7 Å². The lowest BCUT2D eigenvalue weighted by atomic mass is 9.78. The number of carbonyl (C=O) groups excluding carboxylic acids is 2. The van der Waals surface area contributed by atoms with E-state index in [2.05, 4.69) is 131 Å². The van der Waals surface area contributed by atoms with Crippen LogP contribution in [0.5, 0.6) is 11.5 Å². The first kappa shape index (κ1) is 49.5. The third-order valence-electron chi connectivity index (χ3n) is 8.15. The summed E-state index contributed by atoms with van der Waals surface area (Å²) in [5.74, 6) is 34.1. The number of phenolic OH excluding ortho intramolecular Hbond substituents is 2. The highest BCUT2D eigenvalue weighted by Gasteiger charge is 2.28. The fourth-order valence-electron chi connectivity index (χ4n) is 5.23. The molecule has 2 aromatic carbocycles. The van der Waals surface area contributed by atoms with Crippen LogP contribution >= 0.6 is 0 Å². The highest BCUT2D eigenvalue weighted by atomic mass is 16.5. The second-order valence-corrected chi connectivity index (χ2v) is 17.2. The lowest BCUT2D eigenvalue weighted by molar-refractivity contribution is -0.143. The Kier molecular flexibility index (Phi) is 19.5. The average molecular weight is 813 g/mol. The molecule has 0 amide bonds. The highest BCUT2D eigenvalue weighted by Crippen LogP contribution is 2.41. The van der Waals surface area contributed by atoms with E-state index in [1.54, 1.807) is 0 Å². The van der Waals surface area contributed by atoms with Crippen molar-refractivity contribution in [2.24, 2.45) is 0 Å². The molecular weight excluding hydrogens is 721 g/mol. The molecular formula is C52H92O6. The minimum absolute atomic E-state index is 0. The fourth-order valence-corrected chi connectivity index (χ4v) is 5.23. The Labute approximate surface area is 375 Å². The van der Waals surface area contributed by atoms with Crippen molar-refractivity contribution in [3.63, 3.8) is 0 Å². The van der Waals surface area contributed by atoms with Gasteiger partial charge in [0.25, 0.3) is 0 Å². The Morgan fingerprint density at radius 1 is 0.534 bits per heavy atom. The lowest BCUT2D eigenvalue weighted by Crippen LogP contribution is -2.18. The van der Waals surface area contributed by atoms with Crippen molar-refractivity contribution in [3.05, 3.63) is 57.6 Å². The molecule has 6 nitrogen and oxygen atoms in total. The fraction of sp³-hybridized carbons (Fsp3) is 0.423. The van der Waals surface area contributed by atoms with E-state index in [1.165, 1.54) is 0 Å². The molecule has 0 aromatic heterocycles. The molecule has 0 aliphatic rings. The number of hydrogen-bond donors (Lipinski definition) is 2. The van der Waals surface area contributed by atoms with Gasteiger partial charge in [0.1, 0.15) is 17.6 Å². The molecule has 0 saturated carbocycles. The quantitative estimate of drug-likeness (QED) is 0.214. The number of hydrogen-bond acceptors (Lipinski definition) is 6. The predicted molar refractivity (Wildman–Crippen MR) is 272 cm³/mol. The van der Waals surface area contributed by atoms with Crippen LogP contribution in [0.3, 0.4) is 0 Å². The second kappa shape index (κ2) is 22.9. The summed E-state index contributed by atoms with van der Waals surface area (Å²) < 4.78 is 9.90. The van der Waals surface area contributed by atoms with Gasteiger partial charge in [0.2, 0.25) is 0 Å². The molecule has 0 fully saturated rings. The normalized spacial score (nSPS) is 10.1. The van der Waals surface area contributed by atoms with E-state index >= 15 is 0 Å². The number of carbonyl (C=O) groups is 2. The summed E-state index contributed by atoms with van der Waals surface area (Å²) in [6.45, 7) is 27.0. The zero-order valence-electron chi connectivity index (χ0n) is 36.4. The van der Waals surface area contributed by atoms with Gasteiger partial charge >= 0.3 is 11.9 Å². The first-order valence-corrected chi connectivity index (χ1v) is 19.0. The van der Waals surface area contributed by atoms with Crippen molar-refractivity contribution in [1.29, 1.82) is 0 Å². The van der Waals surface area contributed by atoms with Gasteiger partial charge in [-0.1, -0.05) is 107 Å². The van der Waals surface area contributed by atoms with Crippen molar-refractivity contribution in [2.75, 3.05) is 6.61 Å². The highest BCUT2D eigenvalue weighted by molar-refractivity contribution is 5.71. The van der Waals surface area contributed by atoms with E-state index in [1.807, 2.05) is 72.7 Å². The van der Waals surface area contributed by atoms with Gasteiger partial charge in [-0.2, -0.15) is 0 Å². The van der Waals surface area contributed by atoms with Gasteiger partial charge in [-0.15, -0.1) is 6.42 Å². The number of esters is 2. The van der Waals surface area contributed by atoms with Gasteiger partial charge in [0.15, 0.2) is 0 Å². The zero-order valence-corrected chi connectivity index (χ0v) is 36.4. The topological polar surface area (TPSA) is 93.1 Å². The maximum absolute atomic E-state index is 12.1. The van der Waals surface area contributed by atoms with E-state index in [-0.39, 0.29) is 59.7 Å². The Hall–Kier alpha value is -6.54. The van der Waals surface area contributed by atoms with Crippen molar-refractivity contribution < 1.29 is 55.0 Å². The third kappa shape index (κ3) is 18.4. The van der Waals surface area contributed by atoms with E-state index in [9.17, 15) is 19.8 Å². The molecule has 0 unspecified atom stereocenters. The summed E-state index contributed by atoms with van der Waals surface area (Å²) in [4.78, 5) is 23.6. The SMILES string of the molecule is C#CC#CC#CC#CC#CC#CC#CC#COC(=O)CCc1cc(C(C)(C)C)c(O)c(C(C)(C)C)c1.CCOC(=O)CCc1cc(C(C)(C)C)c(O)c(C(C)(C)C)c1.[HH].[HH].[HH].[HH].[HH].[HH].[HH].[HH].[HH].[HH].[HH].[HH].[HH].[HH].[HH].[HH].[HH].[HH]. The average Bonchev–Trinajstić information content (AvgIpc) is 3.10. The van der Waals surface area contributed by atoms with Gasteiger partial charge in [0, 0.05) is 73.5 Å². The first-order valence-electron chi connectivity index (χ1n) is 19.0. The Morgan fingerprint density at radius 2 is 0.828 bits per heavy atom. The largest absolute Gasteiger partial charge is 0.507 e. The number of aromatic hydroxyl groups is 2.